The predicted molar refractivity (Wildman–Crippen MR) is 243 cm³/mol. The predicted octanol–water partition coefficient (Wildman–Crippen LogP) is 15.5. The molecule has 262 valence electrons. The van der Waals surface area contributed by atoms with Gasteiger partial charge in [0.2, 0.25) is 0 Å². The molecule has 0 fully saturated rings. The zero-order valence-corrected chi connectivity index (χ0v) is 31.3. The van der Waals surface area contributed by atoms with Crippen molar-refractivity contribution in [1.82, 2.24) is 0 Å². The fourth-order valence-corrected chi connectivity index (χ4v) is 10.1. The molecular formula is C56H33N. The summed E-state index contributed by atoms with van der Waals surface area (Å²) < 4.78 is 0. The molecule has 0 aliphatic heterocycles. The van der Waals surface area contributed by atoms with E-state index in [2.05, 4.69) is 176 Å². The van der Waals surface area contributed by atoms with Crippen molar-refractivity contribution in [2.24, 2.45) is 0 Å². The molecule has 0 radical (unpaired) electrons. The van der Waals surface area contributed by atoms with Gasteiger partial charge in [-0.1, -0.05) is 164 Å². The lowest BCUT2D eigenvalue weighted by Crippen LogP contribution is -1.91. The SMILES string of the molecule is Cc1ccc(-c2cccc(-c3ccc4c5c(-c6ccccc6)c6cc7c8ccccc8c8cccc(c6c(-c6ccccc6)c5c5cccc3c45)c87)c2)cc1C#N. The lowest BCUT2D eigenvalue weighted by atomic mass is 9.84. The second kappa shape index (κ2) is 12.0. The molecule has 0 aliphatic carbocycles. The maximum absolute atomic E-state index is 9.79. The van der Waals surface area contributed by atoms with E-state index < -0.39 is 0 Å². The van der Waals surface area contributed by atoms with Gasteiger partial charge in [0, 0.05) is 0 Å². The van der Waals surface area contributed by atoms with Crippen molar-refractivity contribution in [3.05, 3.63) is 193 Å². The standard InChI is InChI=1S/C56H33N/c1-33-25-26-37(30-39(33)32-57)36-17-10-18-38(29-36)40-27-28-47-52-43(40)21-11-24-46(52)56-51(35-15-6-3-7-16-35)54-45-23-12-22-44-41-19-8-9-20-42(41)48(53(44)45)31-49(54)50(55(47)56)34-13-4-2-5-14-34/h2-31H,1H3. The number of aryl methyl sites for hydroxylation is 1. The zero-order valence-electron chi connectivity index (χ0n) is 31.3. The van der Waals surface area contributed by atoms with E-state index in [1.165, 1.54) is 103 Å². The van der Waals surface area contributed by atoms with Crippen LogP contribution in [0.3, 0.4) is 0 Å². The van der Waals surface area contributed by atoms with Gasteiger partial charge in [-0.25, -0.2) is 0 Å². The number of hydrogen-bond donors (Lipinski definition) is 0. The Kier molecular flexibility index (Phi) is 6.68. The Morgan fingerprint density at radius 1 is 0.316 bits per heavy atom. The van der Waals surface area contributed by atoms with Crippen LogP contribution < -0.4 is 0 Å². The van der Waals surface area contributed by atoms with Crippen LogP contribution in [-0.4, -0.2) is 0 Å². The minimum absolute atomic E-state index is 0.711. The van der Waals surface area contributed by atoms with E-state index in [9.17, 15) is 5.26 Å². The number of nitriles is 1. The van der Waals surface area contributed by atoms with E-state index in [0.717, 1.165) is 22.3 Å². The largest absolute Gasteiger partial charge is 0.192 e. The van der Waals surface area contributed by atoms with Gasteiger partial charge >= 0.3 is 0 Å². The van der Waals surface area contributed by atoms with Crippen molar-refractivity contribution < 1.29 is 0 Å². The van der Waals surface area contributed by atoms with Crippen LogP contribution >= 0.6 is 0 Å². The number of fused-ring (bicyclic) bond motifs is 8. The van der Waals surface area contributed by atoms with Crippen molar-refractivity contribution in [1.29, 1.82) is 5.26 Å². The fraction of sp³-hybridized carbons (Fsp3) is 0.0179. The van der Waals surface area contributed by atoms with E-state index in [0.29, 0.717) is 5.56 Å². The smallest absolute Gasteiger partial charge is 0.0994 e. The summed E-state index contributed by atoms with van der Waals surface area (Å²) in [5.41, 5.74) is 11.2. The van der Waals surface area contributed by atoms with E-state index in [1.807, 2.05) is 19.1 Å². The average Bonchev–Trinajstić information content (AvgIpc) is 3.78. The molecule has 12 aromatic rings. The maximum atomic E-state index is 9.79. The summed E-state index contributed by atoms with van der Waals surface area (Å²) >= 11 is 0. The van der Waals surface area contributed by atoms with Gasteiger partial charge in [-0.15, -0.1) is 0 Å². The average molecular weight is 720 g/mol. The molecule has 0 saturated heterocycles. The molecular weight excluding hydrogens is 687 g/mol. The zero-order chi connectivity index (χ0) is 37.8. The first-order valence-electron chi connectivity index (χ1n) is 19.7. The Morgan fingerprint density at radius 3 is 1.60 bits per heavy atom. The summed E-state index contributed by atoms with van der Waals surface area (Å²) in [4.78, 5) is 0. The molecule has 0 amide bonds. The number of rotatable bonds is 4. The van der Waals surface area contributed by atoms with E-state index in [1.54, 1.807) is 0 Å². The normalized spacial score (nSPS) is 11.9. The highest BCUT2D eigenvalue weighted by atomic mass is 14.3. The van der Waals surface area contributed by atoms with Crippen molar-refractivity contribution in [3.63, 3.8) is 0 Å². The second-order valence-corrected chi connectivity index (χ2v) is 15.5. The molecule has 0 bridgehead atoms. The van der Waals surface area contributed by atoms with Gasteiger partial charge in [0.1, 0.15) is 0 Å². The van der Waals surface area contributed by atoms with Crippen LogP contribution in [0.5, 0.6) is 0 Å². The van der Waals surface area contributed by atoms with Gasteiger partial charge in [-0.2, -0.15) is 5.26 Å². The van der Waals surface area contributed by atoms with Gasteiger partial charge in [0.15, 0.2) is 0 Å². The first-order valence-corrected chi connectivity index (χ1v) is 19.7. The Bertz CT molecular complexity index is 3630. The van der Waals surface area contributed by atoms with Crippen LogP contribution in [0, 0.1) is 18.3 Å². The lowest BCUT2D eigenvalue weighted by molar-refractivity contribution is 1.39. The molecule has 0 N–H and O–H groups in total. The quantitative estimate of drug-likeness (QED) is 0.166. The summed E-state index contributed by atoms with van der Waals surface area (Å²) in [6.07, 6.45) is 0. The molecule has 0 aromatic heterocycles. The van der Waals surface area contributed by atoms with Crippen molar-refractivity contribution in [2.45, 2.75) is 6.92 Å². The minimum atomic E-state index is 0.711. The van der Waals surface area contributed by atoms with Crippen LogP contribution in [0.4, 0.5) is 0 Å². The van der Waals surface area contributed by atoms with E-state index in [4.69, 9.17) is 0 Å². The van der Waals surface area contributed by atoms with Gasteiger partial charge in [0.05, 0.1) is 11.6 Å². The molecule has 0 unspecified atom stereocenters. The van der Waals surface area contributed by atoms with Crippen LogP contribution in [0.2, 0.25) is 0 Å². The molecule has 0 spiro atoms. The Labute approximate surface area is 330 Å². The Morgan fingerprint density at radius 2 is 0.842 bits per heavy atom. The maximum Gasteiger partial charge on any atom is 0.0994 e. The third-order valence-corrected chi connectivity index (χ3v) is 12.5. The van der Waals surface area contributed by atoms with Gasteiger partial charge in [-0.3, -0.25) is 0 Å². The Hall–Kier alpha value is -7.53. The molecule has 12 aromatic carbocycles. The summed E-state index contributed by atoms with van der Waals surface area (Å²) in [5, 5.41) is 27.9. The number of benzene rings is 10. The van der Waals surface area contributed by atoms with Gasteiger partial charge < -0.3 is 0 Å². The monoisotopic (exact) mass is 719 g/mol. The second-order valence-electron chi connectivity index (χ2n) is 15.5. The molecule has 0 aliphatic rings. The molecule has 57 heavy (non-hydrogen) atoms. The molecule has 1 nitrogen and oxygen atoms in total. The van der Waals surface area contributed by atoms with Crippen molar-refractivity contribution in [2.75, 3.05) is 0 Å². The van der Waals surface area contributed by atoms with Crippen LogP contribution in [0.25, 0.3) is 120 Å². The topological polar surface area (TPSA) is 23.8 Å². The first kappa shape index (κ1) is 31.8. The third kappa shape index (κ3) is 4.44. The summed E-state index contributed by atoms with van der Waals surface area (Å²) in [6, 6.07) is 69.3. The number of hydrogen-bond acceptors (Lipinski definition) is 1. The highest BCUT2D eigenvalue weighted by molar-refractivity contribution is 6.45. The first-order chi connectivity index (χ1) is 28.2. The van der Waals surface area contributed by atoms with E-state index in [-0.39, 0.29) is 0 Å². The highest BCUT2D eigenvalue weighted by Crippen LogP contribution is 2.55. The van der Waals surface area contributed by atoms with Crippen molar-refractivity contribution in [3.8, 4) is 50.6 Å². The summed E-state index contributed by atoms with van der Waals surface area (Å²) in [5.74, 6) is 0. The fourth-order valence-electron chi connectivity index (χ4n) is 10.1. The highest BCUT2D eigenvalue weighted by Gasteiger charge is 2.27. The third-order valence-electron chi connectivity index (χ3n) is 12.5. The van der Waals surface area contributed by atoms with Crippen LogP contribution in [0.1, 0.15) is 11.1 Å². The van der Waals surface area contributed by atoms with Crippen molar-refractivity contribution >= 4 is 75.4 Å². The molecule has 0 atom stereocenters. The number of nitrogens with zero attached hydrogens (tertiary/aromatic N) is 1. The van der Waals surface area contributed by atoms with Crippen LogP contribution in [0.15, 0.2) is 182 Å². The lowest BCUT2D eigenvalue weighted by Gasteiger charge is -2.19. The summed E-state index contributed by atoms with van der Waals surface area (Å²) in [7, 11) is 0. The van der Waals surface area contributed by atoms with Crippen LogP contribution in [-0.2, 0) is 0 Å². The molecule has 0 heterocycles. The molecule has 1 heteroatoms. The molecule has 12 rings (SSSR count). The summed E-state index contributed by atoms with van der Waals surface area (Å²) in [6.45, 7) is 1.99. The van der Waals surface area contributed by atoms with E-state index >= 15 is 0 Å². The minimum Gasteiger partial charge on any atom is -0.192 e. The van der Waals surface area contributed by atoms with Gasteiger partial charge in [0.25, 0.3) is 0 Å². The van der Waals surface area contributed by atoms with Gasteiger partial charge in [-0.05, 0) is 151 Å². The molecule has 0 saturated carbocycles. The Balaban J connectivity index is 1.27.